The zero-order chi connectivity index (χ0) is 18.9. The Morgan fingerprint density at radius 2 is 1.69 bits per heavy atom. The number of carbonyl (C=O) groups is 2. The van der Waals surface area contributed by atoms with Gasteiger partial charge in [0.15, 0.2) is 0 Å². The largest absolute Gasteiger partial charge is 0.480 e. The normalized spacial score (nSPS) is 24.7. The van der Waals surface area contributed by atoms with Crippen molar-refractivity contribution >= 4 is 23.6 Å². The minimum Gasteiger partial charge on any atom is -0.480 e. The van der Waals surface area contributed by atoms with Gasteiger partial charge in [0, 0.05) is 11.7 Å². The van der Waals surface area contributed by atoms with Gasteiger partial charge in [0.25, 0.3) is 0 Å². The smallest absolute Gasteiger partial charge is 0.327 e. The summed E-state index contributed by atoms with van der Waals surface area (Å²) in [6.07, 6.45) is 5.10. The second-order valence-corrected chi connectivity index (χ2v) is 9.61. The number of carboxylic acids is 1. The first-order valence-corrected chi connectivity index (χ1v) is 10.6. The van der Waals surface area contributed by atoms with Crippen LogP contribution in [0.2, 0.25) is 0 Å². The molecule has 1 heterocycles. The lowest BCUT2D eigenvalue weighted by Crippen LogP contribution is -2.46. The Balaban J connectivity index is 1.86. The molecule has 1 amide bonds. The molecule has 1 aliphatic carbocycles. The molecule has 2 fully saturated rings. The Morgan fingerprint density at radius 1 is 1.08 bits per heavy atom. The second kappa shape index (κ2) is 7.63. The molecule has 0 aromatic heterocycles. The van der Waals surface area contributed by atoms with Crippen LogP contribution in [0.25, 0.3) is 0 Å². The van der Waals surface area contributed by atoms with E-state index in [1.54, 1.807) is 16.7 Å². The molecule has 0 spiro atoms. The van der Waals surface area contributed by atoms with E-state index < -0.39 is 12.0 Å². The van der Waals surface area contributed by atoms with Crippen LogP contribution in [0.1, 0.15) is 69.4 Å². The van der Waals surface area contributed by atoms with E-state index in [0.717, 1.165) is 31.2 Å². The number of benzene rings is 1. The number of hydrogen-bond acceptors (Lipinski definition) is 3. The van der Waals surface area contributed by atoms with Gasteiger partial charge in [-0.15, -0.1) is 11.8 Å². The van der Waals surface area contributed by atoms with Crippen molar-refractivity contribution in [1.29, 1.82) is 0 Å². The molecule has 1 N–H and O–H groups in total. The molecule has 1 saturated carbocycles. The van der Waals surface area contributed by atoms with E-state index >= 15 is 0 Å². The van der Waals surface area contributed by atoms with Gasteiger partial charge in [-0.2, -0.15) is 0 Å². The van der Waals surface area contributed by atoms with Crippen molar-refractivity contribution in [3.05, 3.63) is 35.4 Å². The highest BCUT2D eigenvalue weighted by atomic mass is 32.2. The molecule has 2 aliphatic rings. The highest BCUT2D eigenvalue weighted by Crippen LogP contribution is 2.43. The fraction of sp³-hybridized carbons (Fsp3) is 0.619. The summed E-state index contributed by atoms with van der Waals surface area (Å²) < 4.78 is 0. The van der Waals surface area contributed by atoms with Crippen molar-refractivity contribution < 1.29 is 14.7 Å². The van der Waals surface area contributed by atoms with E-state index in [2.05, 4.69) is 45.0 Å². The van der Waals surface area contributed by atoms with E-state index in [1.165, 1.54) is 12.0 Å². The molecular formula is C21H29NO3S. The minimum atomic E-state index is -0.893. The molecule has 1 aromatic carbocycles. The summed E-state index contributed by atoms with van der Waals surface area (Å²) in [6, 6.07) is 7.61. The Hall–Kier alpha value is -1.49. The number of hydrogen-bond donors (Lipinski definition) is 1. The van der Waals surface area contributed by atoms with Gasteiger partial charge in [-0.25, -0.2) is 4.79 Å². The van der Waals surface area contributed by atoms with E-state index in [9.17, 15) is 14.7 Å². The standard InChI is InChI=1S/C21H29NO3S/c1-21(2,3)16-11-9-15(10-12-16)19-22(17(13-26-19)20(24)25)18(23)14-7-5-4-6-8-14/h9-12,14,17,19H,4-8,13H2,1-3H3,(H,24,25). The lowest BCUT2D eigenvalue weighted by Gasteiger charge is -2.33. The first kappa shape index (κ1) is 19.3. The van der Waals surface area contributed by atoms with Crippen LogP contribution in [-0.4, -0.2) is 33.7 Å². The van der Waals surface area contributed by atoms with Gasteiger partial charge < -0.3 is 10.0 Å². The molecule has 5 heteroatoms. The summed E-state index contributed by atoms with van der Waals surface area (Å²) in [5.41, 5.74) is 2.34. The van der Waals surface area contributed by atoms with Crippen LogP contribution >= 0.6 is 11.8 Å². The average Bonchev–Trinajstić information content (AvgIpc) is 3.06. The summed E-state index contributed by atoms with van der Waals surface area (Å²) >= 11 is 1.57. The zero-order valence-electron chi connectivity index (χ0n) is 15.9. The third-order valence-electron chi connectivity index (χ3n) is 5.56. The summed E-state index contributed by atoms with van der Waals surface area (Å²) in [5, 5.41) is 9.44. The predicted molar refractivity (Wildman–Crippen MR) is 105 cm³/mol. The summed E-state index contributed by atoms with van der Waals surface area (Å²) in [4.78, 5) is 26.6. The number of aliphatic carboxylic acids is 1. The van der Waals surface area contributed by atoms with Crippen LogP contribution in [0.15, 0.2) is 24.3 Å². The quantitative estimate of drug-likeness (QED) is 0.839. The van der Waals surface area contributed by atoms with Gasteiger partial charge in [-0.05, 0) is 29.4 Å². The summed E-state index contributed by atoms with van der Waals surface area (Å²) in [6.45, 7) is 6.52. The summed E-state index contributed by atoms with van der Waals surface area (Å²) in [5.74, 6) is -0.414. The molecule has 3 rings (SSSR count). The van der Waals surface area contributed by atoms with Crippen molar-refractivity contribution in [3.8, 4) is 0 Å². The van der Waals surface area contributed by atoms with Crippen LogP contribution in [0.4, 0.5) is 0 Å². The van der Waals surface area contributed by atoms with Gasteiger partial charge in [0.2, 0.25) is 5.91 Å². The van der Waals surface area contributed by atoms with Crippen LogP contribution in [-0.2, 0) is 15.0 Å². The highest BCUT2D eigenvalue weighted by molar-refractivity contribution is 7.99. The van der Waals surface area contributed by atoms with Crippen LogP contribution in [0, 0.1) is 5.92 Å². The number of rotatable bonds is 3. The van der Waals surface area contributed by atoms with Gasteiger partial charge in [-0.3, -0.25) is 4.79 Å². The number of nitrogens with zero attached hydrogens (tertiary/aromatic N) is 1. The lowest BCUT2D eigenvalue weighted by molar-refractivity contribution is -0.151. The van der Waals surface area contributed by atoms with Crippen LogP contribution < -0.4 is 0 Å². The Kier molecular flexibility index (Phi) is 5.66. The van der Waals surface area contributed by atoms with Crippen molar-refractivity contribution in [2.75, 3.05) is 5.75 Å². The maximum Gasteiger partial charge on any atom is 0.327 e. The van der Waals surface area contributed by atoms with E-state index in [-0.39, 0.29) is 22.6 Å². The lowest BCUT2D eigenvalue weighted by atomic mass is 9.86. The van der Waals surface area contributed by atoms with Crippen LogP contribution in [0.5, 0.6) is 0 Å². The van der Waals surface area contributed by atoms with Crippen molar-refractivity contribution in [2.24, 2.45) is 5.92 Å². The zero-order valence-corrected chi connectivity index (χ0v) is 16.7. The molecule has 1 aliphatic heterocycles. The first-order valence-electron chi connectivity index (χ1n) is 9.56. The van der Waals surface area contributed by atoms with Gasteiger partial charge in [0.05, 0.1) is 0 Å². The summed E-state index contributed by atoms with van der Waals surface area (Å²) in [7, 11) is 0. The third-order valence-corrected chi connectivity index (χ3v) is 6.88. The predicted octanol–water partition coefficient (Wildman–Crippen LogP) is 4.59. The number of amides is 1. The molecule has 0 bridgehead atoms. The van der Waals surface area contributed by atoms with Crippen LogP contribution in [0.3, 0.4) is 0 Å². The molecule has 2 atom stereocenters. The first-order chi connectivity index (χ1) is 12.3. The van der Waals surface area contributed by atoms with E-state index in [0.29, 0.717) is 5.75 Å². The maximum absolute atomic E-state index is 13.2. The molecule has 26 heavy (non-hydrogen) atoms. The Bertz CT molecular complexity index is 659. The fourth-order valence-electron chi connectivity index (χ4n) is 3.93. The molecule has 0 radical (unpaired) electrons. The SMILES string of the molecule is CC(C)(C)c1ccc(C2SCC(C(=O)O)N2C(=O)C2CCCCC2)cc1. The molecule has 2 unspecified atom stereocenters. The van der Waals surface area contributed by atoms with Crippen molar-refractivity contribution in [3.63, 3.8) is 0 Å². The Labute approximate surface area is 160 Å². The number of thioether (sulfide) groups is 1. The monoisotopic (exact) mass is 375 g/mol. The third kappa shape index (κ3) is 3.93. The Morgan fingerprint density at radius 3 is 2.23 bits per heavy atom. The number of carboxylic acid groups (broad SMARTS) is 1. The number of carbonyl (C=O) groups excluding carboxylic acids is 1. The molecular weight excluding hydrogens is 346 g/mol. The van der Waals surface area contributed by atoms with Crippen molar-refractivity contribution in [1.82, 2.24) is 4.90 Å². The van der Waals surface area contributed by atoms with Crippen molar-refractivity contribution in [2.45, 2.75) is 69.7 Å². The fourth-order valence-corrected chi connectivity index (χ4v) is 5.36. The molecule has 142 valence electrons. The highest BCUT2D eigenvalue weighted by Gasteiger charge is 2.44. The van der Waals surface area contributed by atoms with Gasteiger partial charge in [-0.1, -0.05) is 64.3 Å². The van der Waals surface area contributed by atoms with Gasteiger partial charge >= 0.3 is 5.97 Å². The second-order valence-electron chi connectivity index (χ2n) is 8.49. The molecule has 4 nitrogen and oxygen atoms in total. The minimum absolute atomic E-state index is 0.0133. The van der Waals surface area contributed by atoms with E-state index in [4.69, 9.17) is 0 Å². The van der Waals surface area contributed by atoms with E-state index in [1.807, 2.05) is 0 Å². The maximum atomic E-state index is 13.2. The topological polar surface area (TPSA) is 57.6 Å². The van der Waals surface area contributed by atoms with Gasteiger partial charge in [0.1, 0.15) is 11.4 Å². The molecule has 1 saturated heterocycles. The average molecular weight is 376 g/mol. The molecule has 1 aromatic rings.